The van der Waals surface area contributed by atoms with E-state index in [-0.39, 0.29) is 0 Å². The van der Waals surface area contributed by atoms with Crippen molar-refractivity contribution in [3.05, 3.63) is 54.2 Å². The minimum absolute atomic E-state index is 0.319. The molecule has 1 saturated carbocycles. The summed E-state index contributed by atoms with van der Waals surface area (Å²) < 4.78 is 34.0. The molecule has 0 aliphatic heterocycles. The van der Waals surface area contributed by atoms with E-state index in [0.717, 1.165) is 6.26 Å². The number of para-hydroxylation sites is 1. The fourth-order valence-electron chi connectivity index (χ4n) is 4.12. The highest BCUT2D eigenvalue weighted by Crippen LogP contribution is 2.74. The van der Waals surface area contributed by atoms with Gasteiger partial charge in [0.2, 0.25) is 5.88 Å². The number of aromatic nitrogens is 1. The predicted molar refractivity (Wildman–Crippen MR) is 129 cm³/mol. The first-order chi connectivity index (χ1) is 14.3. The summed E-state index contributed by atoms with van der Waals surface area (Å²) in [6.45, 7) is 3.87. The van der Waals surface area contributed by atoms with E-state index >= 15 is 0 Å². The van der Waals surface area contributed by atoms with Crippen LogP contribution in [0.5, 0.6) is 11.6 Å². The molecule has 0 spiro atoms. The van der Waals surface area contributed by atoms with Crippen molar-refractivity contribution in [3.8, 4) is 17.7 Å². The summed E-state index contributed by atoms with van der Waals surface area (Å²) in [4.78, 5) is 4.57. The van der Waals surface area contributed by atoms with E-state index in [0.29, 0.717) is 23.7 Å². The van der Waals surface area contributed by atoms with E-state index in [4.69, 9.17) is 8.92 Å². The maximum absolute atomic E-state index is 11.9. The molecule has 31 heavy (non-hydrogen) atoms. The van der Waals surface area contributed by atoms with Gasteiger partial charge >= 0.3 is 0 Å². The molecule has 1 aliphatic carbocycles. The van der Waals surface area contributed by atoms with E-state index in [1.165, 1.54) is 0 Å². The average molecular weight is 637 g/mol. The Morgan fingerprint density at radius 2 is 1.81 bits per heavy atom. The maximum atomic E-state index is 11.9. The van der Waals surface area contributed by atoms with Gasteiger partial charge in [-0.1, -0.05) is 85.9 Å². The smallest absolute Gasteiger partial charge is 0.264 e. The van der Waals surface area contributed by atoms with Crippen molar-refractivity contribution in [2.24, 2.45) is 16.7 Å². The van der Waals surface area contributed by atoms with Gasteiger partial charge in [0.25, 0.3) is 10.1 Å². The SMILES string of the molecule is CC1(C)[C@H]([C@H](OS(C)(=O)=O)C(Br)(Br)Br)[C@]1(C#N)Cc1cccc(Oc2ccccc2)n1. The van der Waals surface area contributed by atoms with Crippen molar-refractivity contribution in [3.63, 3.8) is 0 Å². The van der Waals surface area contributed by atoms with Gasteiger partial charge in [-0.05, 0) is 23.6 Å². The second-order valence-corrected chi connectivity index (χ2v) is 16.6. The fraction of sp³-hybridized carbons (Fsp3) is 0.429. The van der Waals surface area contributed by atoms with Gasteiger partial charge in [-0.3, -0.25) is 4.18 Å². The van der Waals surface area contributed by atoms with Crippen molar-refractivity contribution < 1.29 is 17.3 Å². The van der Waals surface area contributed by atoms with Gasteiger partial charge in [0, 0.05) is 24.1 Å². The molecule has 6 nitrogen and oxygen atoms in total. The normalized spacial score (nSPS) is 23.6. The van der Waals surface area contributed by atoms with Gasteiger partial charge in [0.15, 0.2) is 2.14 Å². The monoisotopic (exact) mass is 634 g/mol. The van der Waals surface area contributed by atoms with Gasteiger partial charge in [-0.15, -0.1) is 0 Å². The maximum Gasteiger partial charge on any atom is 0.264 e. The standard InChI is InChI=1S/C21H21Br3N2O4S/c1-19(2)17(18(21(22,23)24)30-31(3,27)28)20(19,13-25)12-14-8-7-11-16(26-14)29-15-9-5-4-6-10-15/h4-11,17-18H,12H2,1-3H3/t17-,18-,20+/m0/s1. The van der Waals surface area contributed by atoms with Gasteiger partial charge in [-0.2, -0.15) is 13.7 Å². The molecular formula is C21H21Br3N2O4S. The van der Waals surface area contributed by atoms with Crippen LogP contribution in [0.25, 0.3) is 0 Å². The summed E-state index contributed by atoms with van der Waals surface area (Å²) in [5, 5.41) is 10.2. The van der Waals surface area contributed by atoms with Crippen molar-refractivity contribution in [2.75, 3.05) is 6.26 Å². The molecule has 10 heteroatoms. The number of alkyl halides is 3. The zero-order valence-electron chi connectivity index (χ0n) is 17.1. The van der Waals surface area contributed by atoms with E-state index in [1.807, 2.05) is 56.3 Å². The summed E-state index contributed by atoms with van der Waals surface area (Å²) in [6.07, 6.45) is 0.439. The first kappa shape index (κ1) is 24.6. The molecule has 3 rings (SSSR count). The van der Waals surface area contributed by atoms with E-state index in [2.05, 4.69) is 58.8 Å². The summed E-state index contributed by atoms with van der Waals surface area (Å²) in [7, 11) is -3.77. The van der Waals surface area contributed by atoms with Gasteiger partial charge in [0.05, 0.1) is 17.7 Å². The lowest BCUT2D eigenvalue weighted by Crippen LogP contribution is -2.34. The molecule has 1 fully saturated rings. The third-order valence-corrected chi connectivity index (χ3v) is 7.60. The van der Waals surface area contributed by atoms with Crippen LogP contribution >= 0.6 is 47.8 Å². The van der Waals surface area contributed by atoms with Gasteiger partial charge < -0.3 is 4.74 Å². The van der Waals surface area contributed by atoms with Crippen LogP contribution in [0.2, 0.25) is 0 Å². The Bertz CT molecular complexity index is 1100. The van der Waals surface area contributed by atoms with Crippen LogP contribution in [-0.2, 0) is 20.7 Å². The number of halogens is 3. The molecule has 0 saturated heterocycles. The van der Waals surface area contributed by atoms with Crippen molar-refractivity contribution >= 4 is 57.9 Å². The molecule has 1 heterocycles. The van der Waals surface area contributed by atoms with Crippen LogP contribution < -0.4 is 4.74 Å². The van der Waals surface area contributed by atoms with E-state index < -0.39 is 35.1 Å². The van der Waals surface area contributed by atoms with Crippen LogP contribution in [0.3, 0.4) is 0 Å². The second-order valence-electron chi connectivity index (χ2n) is 8.10. The summed E-state index contributed by atoms with van der Waals surface area (Å²) in [5.74, 6) is 0.681. The highest BCUT2D eigenvalue weighted by Gasteiger charge is 2.76. The molecular weight excluding hydrogens is 616 g/mol. The molecule has 166 valence electrons. The Balaban J connectivity index is 1.90. The predicted octanol–water partition coefficient (Wildman–Crippen LogP) is 5.77. The molecule has 1 aromatic carbocycles. The Morgan fingerprint density at radius 3 is 2.35 bits per heavy atom. The number of hydrogen-bond acceptors (Lipinski definition) is 6. The lowest BCUT2D eigenvalue weighted by Gasteiger charge is -2.26. The number of rotatable bonds is 7. The first-order valence-corrected chi connectivity index (χ1v) is 13.5. The van der Waals surface area contributed by atoms with Crippen LogP contribution in [0, 0.1) is 28.1 Å². The zero-order valence-corrected chi connectivity index (χ0v) is 22.6. The Hall–Kier alpha value is -0.990. The van der Waals surface area contributed by atoms with Crippen molar-refractivity contribution in [1.82, 2.24) is 4.98 Å². The molecule has 0 amide bonds. The molecule has 0 bridgehead atoms. The zero-order chi connectivity index (χ0) is 23.1. The Kier molecular flexibility index (Phi) is 6.95. The quantitative estimate of drug-likeness (QED) is 0.283. The van der Waals surface area contributed by atoms with Crippen LogP contribution in [-0.4, -0.2) is 27.9 Å². The molecule has 1 aliphatic rings. The fourth-order valence-corrected chi connectivity index (χ4v) is 6.19. The third-order valence-electron chi connectivity index (χ3n) is 5.69. The largest absolute Gasteiger partial charge is 0.439 e. The van der Waals surface area contributed by atoms with Crippen LogP contribution in [0.15, 0.2) is 48.5 Å². The Labute approximate surface area is 207 Å². The second kappa shape index (κ2) is 8.75. The van der Waals surface area contributed by atoms with Crippen molar-refractivity contribution in [1.29, 1.82) is 5.26 Å². The number of ether oxygens (including phenoxy) is 1. The molecule has 1 aromatic heterocycles. The molecule has 0 radical (unpaired) electrons. The first-order valence-electron chi connectivity index (χ1n) is 9.35. The lowest BCUT2D eigenvalue weighted by molar-refractivity contribution is 0.179. The van der Waals surface area contributed by atoms with E-state index in [9.17, 15) is 13.7 Å². The lowest BCUT2D eigenvalue weighted by atomic mass is 9.91. The molecule has 2 aromatic rings. The van der Waals surface area contributed by atoms with Crippen LogP contribution in [0.1, 0.15) is 19.5 Å². The van der Waals surface area contributed by atoms with Gasteiger partial charge in [0.1, 0.15) is 11.9 Å². The molecule has 3 atom stereocenters. The Morgan fingerprint density at radius 1 is 1.16 bits per heavy atom. The van der Waals surface area contributed by atoms with Gasteiger partial charge in [-0.25, -0.2) is 4.98 Å². The number of nitrogens with zero attached hydrogens (tertiary/aromatic N) is 2. The summed E-state index contributed by atoms with van der Waals surface area (Å²) in [6, 6.07) is 17.1. The highest BCUT2D eigenvalue weighted by atomic mass is 80.0. The molecule has 0 unspecified atom stereocenters. The third kappa shape index (κ3) is 5.33. The average Bonchev–Trinajstić information content (AvgIpc) is 3.13. The summed E-state index contributed by atoms with van der Waals surface area (Å²) in [5.41, 5.74) is -0.746. The highest BCUT2D eigenvalue weighted by molar-refractivity contribution is 9.39. The van der Waals surface area contributed by atoms with Crippen molar-refractivity contribution in [2.45, 2.75) is 28.5 Å². The number of pyridine rings is 1. The number of nitriles is 1. The topological polar surface area (TPSA) is 89.3 Å². The molecule has 0 N–H and O–H groups in total. The number of hydrogen-bond donors (Lipinski definition) is 0. The van der Waals surface area contributed by atoms with E-state index in [1.54, 1.807) is 6.07 Å². The number of benzene rings is 1. The summed E-state index contributed by atoms with van der Waals surface area (Å²) >= 11 is 10.2. The van der Waals surface area contributed by atoms with Crippen LogP contribution in [0.4, 0.5) is 0 Å². The minimum atomic E-state index is -3.77. The minimum Gasteiger partial charge on any atom is -0.439 e.